The lowest BCUT2D eigenvalue weighted by atomic mass is 9.97. The van der Waals surface area contributed by atoms with Crippen LogP contribution in [-0.4, -0.2) is 63.4 Å². The van der Waals surface area contributed by atoms with Gasteiger partial charge in [-0.1, -0.05) is 91.3 Å². The number of carbonyl (C=O) groups excluding carboxylic acids is 1. The molecule has 4 unspecified atom stereocenters. The number of carboxylic acids is 1. The summed E-state index contributed by atoms with van der Waals surface area (Å²) in [7, 11) is 1.93. The zero-order valence-electron chi connectivity index (χ0n) is 29.0. The highest BCUT2D eigenvalue weighted by atomic mass is 16.7. The summed E-state index contributed by atoms with van der Waals surface area (Å²) >= 11 is 0. The van der Waals surface area contributed by atoms with Crippen LogP contribution in [0.2, 0.25) is 0 Å². The molecule has 1 saturated heterocycles. The SMILES string of the molecule is CN(CC1CC(c2ccc(CO)cc2)OC(c2ccc(-c3ccccc3CNC(=O)CCCCCC(=O)O)cc2)O1)CC(O)c1cccc(O)c1. The Kier molecular flexibility index (Phi) is 13.7. The number of nitrogens with zero attached hydrogens (tertiary/aromatic N) is 1. The Hall–Kier alpha value is -4.58. The molecular weight excluding hydrogens is 648 g/mol. The van der Waals surface area contributed by atoms with Crippen molar-refractivity contribution in [2.45, 2.75) is 76.3 Å². The van der Waals surface area contributed by atoms with Crippen molar-refractivity contribution < 1.29 is 39.5 Å². The maximum absolute atomic E-state index is 12.5. The Labute approximate surface area is 299 Å². The molecule has 0 aromatic heterocycles. The van der Waals surface area contributed by atoms with Crippen LogP contribution in [0.4, 0.5) is 0 Å². The van der Waals surface area contributed by atoms with Crippen LogP contribution >= 0.6 is 0 Å². The van der Waals surface area contributed by atoms with Gasteiger partial charge < -0.3 is 40.1 Å². The Morgan fingerprint density at radius 3 is 2.33 bits per heavy atom. The normalized spacial score (nSPS) is 18.0. The summed E-state index contributed by atoms with van der Waals surface area (Å²) in [6.07, 6.45) is 1.11. The number of aliphatic carboxylic acids is 1. The number of carbonyl (C=O) groups is 2. The second-order valence-electron chi connectivity index (χ2n) is 13.2. The van der Waals surface area contributed by atoms with E-state index >= 15 is 0 Å². The number of ether oxygens (including phenoxy) is 2. The number of likely N-dealkylation sites (N-methyl/N-ethyl adjacent to an activating group) is 1. The van der Waals surface area contributed by atoms with E-state index in [9.17, 15) is 24.9 Å². The molecule has 1 aliphatic rings. The molecule has 4 aromatic carbocycles. The Morgan fingerprint density at radius 2 is 1.61 bits per heavy atom. The van der Waals surface area contributed by atoms with Crippen molar-refractivity contribution in [3.05, 3.63) is 125 Å². The largest absolute Gasteiger partial charge is 0.508 e. The number of nitrogens with one attached hydrogen (secondary N) is 1. The molecule has 4 aromatic rings. The molecule has 0 bridgehead atoms. The minimum atomic E-state index is -0.815. The van der Waals surface area contributed by atoms with Crippen molar-refractivity contribution in [1.29, 1.82) is 0 Å². The van der Waals surface area contributed by atoms with Crippen molar-refractivity contribution >= 4 is 11.9 Å². The molecule has 10 nitrogen and oxygen atoms in total. The number of benzene rings is 4. The summed E-state index contributed by atoms with van der Waals surface area (Å²) in [5.74, 6) is -0.763. The van der Waals surface area contributed by atoms with Crippen molar-refractivity contribution in [2.75, 3.05) is 20.1 Å². The van der Waals surface area contributed by atoms with Crippen LogP contribution < -0.4 is 5.32 Å². The molecule has 1 aliphatic heterocycles. The predicted octanol–water partition coefficient (Wildman–Crippen LogP) is 6.41. The average molecular weight is 697 g/mol. The topological polar surface area (TPSA) is 149 Å². The molecule has 0 saturated carbocycles. The van der Waals surface area contributed by atoms with Gasteiger partial charge in [-0.15, -0.1) is 0 Å². The first-order chi connectivity index (χ1) is 24.7. The van der Waals surface area contributed by atoms with Crippen LogP contribution in [0.5, 0.6) is 5.75 Å². The predicted molar refractivity (Wildman–Crippen MR) is 193 cm³/mol. The first-order valence-corrected chi connectivity index (χ1v) is 17.5. The van der Waals surface area contributed by atoms with Crippen molar-refractivity contribution in [3.8, 4) is 16.9 Å². The summed E-state index contributed by atoms with van der Waals surface area (Å²) in [4.78, 5) is 25.2. The molecule has 0 radical (unpaired) electrons. The number of carboxylic acid groups (broad SMARTS) is 1. The molecule has 1 amide bonds. The van der Waals surface area contributed by atoms with Gasteiger partial charge in [0.1, 0.15) is 5.75 Å². The van der Waals surface area contributed by atoms with Gasteiger partial charge in [-0.25, -0.2) is 0 Å². The minimum absolute atomic E-state index is 0.0372. The van der Waals surface area contributed by atoms with Gasteiger partial charge in [0.25, 0.3) is 0 Å². The zero-order chi connectivity index (χ0) is 36.2. The third-order valence-electron chi connectivity index (χ3n) is 9.15. The van der Waals surface area contributed by atoms with Crippen LogP contribution in [0, 0.1) is 0 Å². The quantitative estimate of drug-likeness (QED) is 0.0790. The van der Waals surface area contributed by atoms with E-state index in [0.717, 1.165) is 33.4 Å². The van der Waals surface area contributed by atoms with Gasteiger partial charge >= 0.3 is 5.97 Å². The van der Waals surface area contributed by atoms with E-state index in [4.69, 9.17) is 14.6 Å². The van der Waals surface area contributed by atoms with E-state index in [1.165, 1.54) is 0 Å². The number of hydrogen-bond acceptors (Lipinski definition) is 8. The molecular formula is C41H48N2O8. The number of unbranched alkanes of at least 4 members (excludes halogenated alkanes) is 2. The molecule has 10 heteroatoms. The molecule has 4 atom stereocenters. The van der Waals surface area contributed by atoms with E-state index in [-0.39, 0.29) is 36.9 Å². The Balaban J connectivity index is 1.26. The summed E-state index contributed by atoms with van der Waals surface area (Å²) in [6.45, 7) is 1.24. The van der Waals surface area contributed by atoms with Gasteiger partial charge in [0.2, 0.25) is 5.91 Å². The minimum Gasteiger partial charge on any atom is -0.508 e. The summed E-state index contributed by atoms with van der Waals surface area (Å²) in [5.41, 5.74) is 6.28. The number of hydrogen-bond donors (Lipinski definition) is 5. The molecule has 51 heavy (non-hydrogen) atoms. The molecule has 5 rings (SSSR count). The maximum atomic E-state index is 12.5. The Morgan fingerprint density at radius 1 is 0.882 bits per heavy atom. The van der Waals surface area contributed by atoms with E-state index < -0.39 is 18.4 Å². The van der Waals surface area contributed by atoms with Crippen LogP contribution in [0.3, 0.4) is 0 Å². The highest BCUT2D eigenvalue weighted by molar-refractivity contribution is 5.76. The smallest absolute Gasteiger partial charge is 0.303 e. The first-order valence-electron chi connectivity index (χ1n) is 17.5. The highest BCUT2D eigenvalue weighted by Crippen LogP contribution is 2.39. The fraction of sp³-hybridized carbons (Fsp3) is 0.366. The third kappa shape index (κ3) is 11.2. The van der Waals surface area contributed by atoms with Crippen LogP contribution in [0.25, 0.3) is 11.1 Å². The van der Waals surface area contributed by atoms with Crippen molar-refractivity contribution in [1.82, 2.24) is 10.2 Å². The van der Waals surface area contributed by atoms with Crippen LogP contribution in [-0.2, 0) is 32.2 Å². The van der Waals surface area contributed by atoms with E-state index in [2.05, 4.69) is 5.32 Å². The lowest BCUT2D eigenvalue weighted by Gasteiger charge is -2.38. The number of rotatable bonds is 17. The second kappa shape index (κ2) is 18.6. The number of phenolic OH excluding ortho intramolecular Hbond substituents is 1. The third-order valence-corrected chi connectivity index (χ3v) is 9.15. The lowest BCUT2D eigenvalue weighted by molar-refractivity contribution is -0.252. The van der Waals surface area contributed by atoms with Crippen LogP contribution in [0.1, 0.15) is 84.8 Å². The zero-order valence-corrected chi connectivity index (χ0v) is 29.0. The number of amides is 1. The molecule has 1 fully saturated rings. The summed E-state index contributed by atoms with van der Waals surface area (Å²) in [6, 6.07) is 30.4. The van der Waals surface area contributed by atoms with Crippen molar-refractivity contribution in [3.63, 3.8) is 0 Å². The lowest BCUT2D eigenvalue weighted by Crippen LogP contribution is -2.39. The van der Waals surface area contributed by atoms with Gasteiger partial charge in [0, 0.05) is 44.5 Å². The number of aliphatic hydroxyl groups is 2. The molecule has 0 aliphatic carbocycles. The van der Waals surface area contributed by atoms with Gasteiger partial charge in [-0.05, 0) is 65.4 Å². The van der Waals surface area contributed by atoms with Gasteiger partial charge in [-0.3, -0.25) is 9.59 Å². The molecule has 270 valence electrons. The fourth-order valence-electron chi connectivity index (χ4n) is 6.38. The Bertz CT molecular complexity index is 1710. The monoisotopic (exact) mass is 696 g/mol. The van der Waals surface area contributed by atoms with E-state index in [1.54, 1.807) is 24.3 Å². The summed E-state index contributed by atoms with van der Waals surface area (Å²) in [5, 5.41) is 42.0. The van der Waals surface area contributed by atoms with Gasteiger partial charge in [0.05, 0.1) is 24.9 Å². The van der Waals surface area contributed by atoms with Gasteiger partial charge in [0.15, 0.2) is 6.29 Å². The first kappa shape index (κ1) is 37.7. The highest BCUT2D eigenvalue weighted by Gasteiger charge is 2.33. The van der Waals surface area contributed by atoms with Crippen LogP contribution in [0.15, 0.2) is 97.1 Å². The standard InChI is InChI=1S/C41H48N2O8/c1-43(26-37(46)32-9-7-10-34(45)22-32)25-35-23-38(30-16-14-28(27-44)15-17-30)51-41(50-35)31-20-18-29(19-21-31)36-11-6-5-8-33(36)24-42-39(47)12-3-2-4-13-40(48)49/h5-11,14-22,35,37-38,41,44-46H,2-4,12-13,23-27H2,1H3,(H,42,47)(H,48,49). The number of aliphatic hydroxyl groups excluding tert-OH is 2. The second-order valence-corrected chi connectivity index (χ2v) is 13.2. The van der Waals surface area contributed by atoms with Crippen molar-refractivity contribution in [2.24, 2.45) is 0 Å². The average Bonchev–Trinajstić information content (AvgIpc) is 3.13. The fourth-order valence-corrected chi connectivity index (χ4v) is 6.38. The number of phenols is 1. The number of aromatic hydroxyl groups is 1. The summed E-state index contributed by atoms with van der Waals surface area (Å²) < 4.78 is 13.1. The van der Waals surface area contributed by atoms with E-state index in [1.807, 2.05) is 84.7 Å². The molecule has 0 spiro atoms. The molecule has 1 heterocycles. The van der Waals surface area contributed by atoms with Gasteiger partial charge in [-0.2, -0.15) is 0 Å². The van der Waals surface area contributed by atoms with E-state index in [0.29, 0.717) is 57.3 Å². The molecule has 5 N–H and O–H groups in total. The maximum Gasteiger partial charge on any atom is 0.303 e.